The molecule has 166 valence electrons. The Labute approximate surface area is 180 Å². The van der Waals surface area contributed by atoms with Crippen molar-refractivity contribution in [3.05, 3.63) is 88.2 Å². The van der Waals surface area contributed by atoms with Gasteiger partial charge in [-0.2, -0.15) is 9.78 Å². The van der Waals surface area contributed by atoms with Crippen molar-refractivity contribution in [1.29, 1.82) is 0 Å². The molecule has 0 bridgehead atoms. The van der Waals surface area contributed by atoms with Crippen LogP contribution in [0.3, 0.4) is 0 Å². The number of rotatable bonds is 3. The fourth-order valence-corrected chi connectivity index (χ4v) is 3.67. The average molecular weight is 447 g/mol. The van der Waals surface area contributed by atoms with Gasteiger partial charge >= 0.3 is 0 Å². The number of benzene rings is 2. The van der Waals surface area contributed by atoms with E-state index in [0.29, 0.717) is 17.7 Å². The lowest BCUT2D eigenvalue weighted by atomic mass is 10.0. The molecule has 1 aliphatic heterocycles. The molecule has 0 aliphatic carbocycles. The van der Waals surface area contributed by atoms with E-state index in [2.05, 4.69) is 5.10 Å². The summed E-state index contributed by atoms with van der Waals surface area (Å²) in [5.41, 5.74) is 0.0101. The third-order valence-electron chi connectivity index (χ3n) is 5.22. The first-order valence-electron chi connectivity index (χ1n) is 9.66. The standard InChI is InChI=1S/C22H17F4N3O3/c1-12-10-27-29(22(31)16-5-3-14(24)9-18(16)26)20(12)19-11-32-7-6-28(19)21(30)15-4-2-13(23)8-17(15)25/h2-5,8-10,19H,6-7,11H2,1H3. The molecule has 1 fully saturated rings. The molecular weight excluding hydrogens is 430 g/mol. The number of carbonyl (C=O) groups excluding carboxylic acids is 2. The summed E-state index contributed by atoms with van der Waals surface area (Å²) in [6, 6.07) is 4.31. The van der Waals surface area contributed by atoms with Crippen molar-refractivity contribution in [2.24, 2.45) is 0 Å². The molecule has 2 heterocycles. The molecule has 0 N–H and O–H groups in total. The number of hydrogen-bond donors (Lipinski definition) is 0. The van der Waals surface area contributed by atoms with E-state index in [1.807, 2.05) is 0 Å². The molecule has 3 aromatic rings. The van der Waals surface area contributed by atoms with E-state index in [9.17, 15) is 27.2 Å². The SMILES string of the molecule is Cc1cnn(C(=O)c2ccc(F)cc2F)c1C1COCCN1C(=O)c1ccc(F)cc1F. The highest BCUT2D eigenvalue weighted by Gasteiger charge is 2.35. The summed E-state index contributed by atoms with van der Waals surface area (Å²) in [5.74, 6) is -5.32. The second-order valence-electron chi connectivity index (χ2n) is 7.27. The van der Waals surface area contributed by atoms with Crippen LogP contribution in [0.1, 0.15) is 38.0 Å². The molecule has 1 amide bonds. The maximum Gasteiger partial charge on any atom is 0.281 e. The van der Waals surface area contributed by atoms with Crippen LogP contribution in [0, 0.1) is 30.2 Å². The van der Waals surface area contributed by atoms with E-state index in [1.165, 1.54) is 11.1 Å². The summed E-state index contributed by atoms with van der Waals surface area (Å²) >= 11 is 0. The first-order chi connectivity index (χ1) is 15.3. The van der Waals surface area contributed by atoms with E-state index in [-0.39, 0.29) is 31.0 Å². The van der Waals surface area contributed by atoms with Gasteiger partial charge in [0.05, 0.1) is 42.3 Å². The Morgan fingerprint density at radius 2 is 1.56 bits per heavy atom. The van der Waals surface area contributed by atoms with Crippen LogP contribution in [-0.4, -0.2) is 46.3 Å². The van der Waals surface area contributed by atoms with Crippen molar-refractivity contribution < 1.29 is 31.9 Å². The first-order valence-corrected chi connectivity index (χ1v) is 9.66. The van der Waals surface area contributed by atoms with Crippen molar-refractivity contribution in [3.8, 4) is 0 Å². The summed E-state index contributed by atoms with van der Waals surface area (Å²) in [7, 11) is 0. The maximum atomic E-state index is 14.2. The average Bonchev–Trinajstić information content (AvgIpc) is 3.14. The minimum Gasteiger partial charge on any atom is -0.377 e. The number of nitrogens with zero attached hydrogens (tertiary/aromatic N) is 3. The quantitative estimate of drug-likeness (QED) is 0.575. The van der Waals surface area contributed by atoms with E-state index in [0.717, 1.165) is 28.9 Å². The van der Waals surface area contributed by atoms with Crippen LogP contribution in [0.15, 0.2) is 42.6 Å². The number of amides is 1. The Hall–Kier alpha value is -3.53. The van der Waals surface area contributed by atoms with Crippen LogP contribution in [0.4, 0.5) is 17.6 Å². The number of ether oxygens (including phenoxy) is 1. The summed E-state index contributed by atoms with van der Waals surface area (Å²) in [4.78, 5) is 27.4. The number of aryl methyl sites for hydroxylation is 1. The Morgan fingerprint density at radius 3 is 2.16 bits per heavy atom. The Balaban J connectivity index is 1.74. The lowest BCUT2D eigenvalue weighted by Crippen LogP contribution is -2.45. The van der Waals surface area contributed by atoms with E-state index in [1.54, 1.807) is 6.92 Å². The molecule has 0 spiro atoms. The Kier molecular flexibility index (Phi) is 5.79. The third-order valence-corrected chi connectivity index (χ3v) is 5.22. The zero-order valence-electron chi connectivity index (χ0n) is 16.8. The van der Waals surface area contributed by atoms with Crippen LogP contribution in [0.5, 0.6) is 0 Å². The number of morpholine rings is 1. The van der Waals surface area contributed by atoms with Gasteiger partial charge in [-0.1, -0.05) is 0 Å². The molecule has 1 unspecified atom stereocenters. The highest BCUT2D eigenvalue weighted by Crippen LogP contribution is 2.30. The molecule has 10 heteroatoms. The molecule has 6 nitrogen and oxygen atoms in total. The number of hydrogen-bond acceptors (Lipinski definition) is 4. The van der Waals surface area contributed by atoms with Crippen LogP contribution >= 0.6 is 0 Å². The van der Waals surface area contributed by atoms with Crippen molar-refractivity contribution in [2.45, 2.75) is 13.0 Å². The molecule has 1 aliphatic rings. The number of halogens is 4. The Morgan fingerprint density at radius 1 is 0.969 bits per heavy atom. The fraction of sp³-hybridized carbons (Fsp3) is 0.227. The van der Waals surface area contributed by atoms with Crippen LogP contribution in [0.2, 0.25) is 0 Å². The molecule has 4 rings (SSSR count). The van der Waals surface area contributed by atoms with Gasteiger partial charge in [-0.05, 0) is 36.8 Å². The van der Waals surface area contributed by atoms with Gasteiger partial charge in [0.2, 0.25) is 0 Å². The largest absolute Gasteiger partial charge is 0.377 e. The van der Waals surface area contributed by atoms with Gasteiger partial charge in [0, 0.05) is 18.7 Å². The van der Waals surface area contributed by atoms with Gasteiger partial charge in [-0.3, -0.25) is 9.59 Å². The molecule has 1 saturated heterocycles. The van der Waals surface area contributed by atoms with E-state index in [4.69, 9.17) is 4.74 Å². The van der Waals surface area contributed by atoms with Gasteiger partial charge in [-0.25, -0.2) is 17.6 Å². The molecule has 1 aromatic heterocycles. The minimum absolute atomic E-state index is 0.0275. The third kappa shape index (κ3) is 3.89. The summed E-state index contributed by atoms with van der Waals surface area (Å²) in [6.45, 7) is 1.85. The normalized spacial score (nSPS) is 16.3. The minimum atomic E-state index is -1.06. The molecular formula is C22H17F4N3O3. The lowest BCUT2D eigenvalue weighted by molar-refractivity contribution is -0.00534. The predicted molar refractivity (Wildman–Crippen MR) is 104 cm³/mol. The van der Waals surface area contributed by atoms with Gasteiger partial charge in [-0.15, -0.1) is 0 Å². The zero-order valence-corrected chi connectivity index (χ0v) is 16.8. The predicted octanol–water partition coefficient (Wildman–Crippen LogP) is 3.65. The molecule has 0 saturated carbocycles. The lowest BCUT2D eigenvalue weighted by Gasteiger charge is -2.36. The Bertz CT molecular complexity index is 1210. The molecule has 1 atom stereocenters. The maximum absolute atomic E-state index is 14.2. The summed E-state index contributed by atoms with van der Waals surface area (Å²) in [6.07, 6.45) is 1.37. The number of aromatic nitrogens is 2. The number of carbonyl (C=O) groups is 2. The summed E-state index contributed by atoms with van der Waals surface area (Å²) < 4.78 is 61.4. The fourth-order valence-electron chi connectivity index (χ4n) is 3.67. The van der Waals surface area contributed by atoms with Gasteiger partial charge in [0.25, 0.3) is 11.8 Å². The van der Waals surface area contributed by atoms with Gasteiger partial charge < -0.3 is 9.64 Å². The van der Waals surface area contributed by atoms with Crippen LogP contribution in [0.25, 0.3) is 0 Å². The molecule has 32 heavy (non-hydrogen) atoms. The molecule has 0 radical (unpaired) electrons. The second kappa shape index (κ2) is 8.54. The second-order valence-corrected chi connectivity index (χ2v) is 7.27. The van der Waals surface area contributed by atoms with Crippen molar-refractivity contribution >= 4 is 11.8 Å². The van der Waals surface area contributed by atoms with Crippen LogP contribution in [-0.2, 0) is 4.74 Å². The highest BCUT2D eigenvalue weighted by molar-refractivity contribution is 5.97. The van der Waals surface area contributed by atoms with Crippen LogP contribution < -0.4 is 0 Å². The van der Waals surface area contributed by atoms with Gasteiger partial charge in [0.15, 0.2) is 0 Å². The van der Waals surface area contributed by atoms with Crippen molar-refractivity contribution in [2.75, 3.05) is 19.8 Å². The van der Waals surface area contributed by atoms with E-state index >= 15 is 0 Å². The van der Waals surface area contributed by atoms with E-state index < -0.39 is 46.7 Å². The highest BCUT2D eigenvalue weighted by atomic mass is 19.1. The topological polar surface area (TPSA) is 64.4 Å². The monoisotopic (exact) mass is 447 g/mol. The molecule has 2 aromatic carbocycles. The zero-order chi connectivity index (χ0) is 23.0. The summed E-state index contributed by atoms with van der Waals surface area (Å²) in [5, 5.41) is 4.02. The van der Waals surface area contributed by atoms with Gasteiger partial charge in [0.1, 0.15) is 23.3 Å². The van der Waals surface area contributed by atoms with Crippen molar-refractivity contribution in [1.82, 2.24) is 14.7 Å². The van der Waals surface area contributed by atoms with Crippen molar-refractivity contribution in [3.63, 3.8) is 0 Å². The smallest absolute Gasteiger partial charge is 0.281 e. The first kappa shape index (κ1) is 21.7.